The molecule has 0 aliphatic carbocycles. The van der Waals surface area contributed by atoms with E-state index in [0.29, 0.717) is 11.5 Å². The van der Waals surface area contributed by atoms with Crippen LogP contribution < -0.4 is 10.6 Å². The van der Waals surface area contributed by atoms with E-state index in [1.54, 1.807) is 6.07 Å². The van der Waals surface area contributed by atoms with E-state index in [4.69, 9.17) is 10.00 Å². The van der Waals surface area contributed by atoms with Crippen LogP contribution in [-0.4, -0.2) is 24.8 Å². The summed E-state index contributed by atoms with van der Waals surface area (Å²) in [7, 11) is 0. The Morgan fingerprint density at radius 1 is 1.39 bits per heavy atom. The molecule has 1 amide bonds. The summed E-state index contributed by atoms with van der Waals surface area (Å²) in [6.07, 6.45) is 1.55. The topological polar surface area (TPSA) is 74.1 Å². The molecular formula is C18H25N3O2. The fourth-order valence-electron chi connectivity index (χ4n) is 2.89. The second-order valence-electron chi connectivity index (χ2n) is 6.95. The molecule has 1 saturated heterocycles. The third-order valence-electron chi connectivity index (χ3n) is 3.90. The Morgan fingerprint density at radius 3 is 2.70 bits per heavy atom. The molecule has 124 valence electrons. The van der Waals surface area contributed by atoms with Crippen LogP contribution in [0.5, 0.6) is 0 Å². The van der Waals surface area contributed by atoms with Gasteiger partial charge in [-0.05, 0) is 70.3 Å². The molecule has 2 rings (SSSR count). The van der Waals surface area contributed by atoms with Gasteiger partial charge < -0.3 is 15.4 Å². The third kappa shape index (κ3) is 5.26. The molecule has 1 aliphatic heterocycles. The Balaban J connectivity index is 2.20. The SMILES string of the molecule is CC(C)(C)OC(=O)NC(c1cccc(C#N)c1)C1CCNCC1. The highest BCUT2D eigenvalue weighted by molar-refractivity contribution is 5.68. The zero-order valence-corrected chi connectivity index (χ0v) is 14.1. The van der Waals surface area contributed by atoms with Crippen molar-refractivity contribution >= 4 is 6.09 Å². The Kier molecular flexibility index (Phi) is 5.62. The van der Waals surface area contributed by atoms with Gasteiger partial charge in [-0.15, -0.1) is 0 Å². The fourth-order valence-corrected chi connectivity index (χ4v) is 2.89. The van der Waals surface area contributed by atoms with Crippen molar-refractivity contribution in [3.05, 3.63) is 35.4 Å². The van der Waals surface area contributed by atoms with E-state index in [9.17, 15) is 4.79 Å². The summed E-state index contributed by atoms with van der Waals surface area (Å²) in [5.74, 6) is 0.331. The highest BCUT2D eigenvalue weighted by Crippen LogP contribution is 2.29. The monoisotopic (exact) mass is 315 g/mol. The number of nitrogens with zero attached hydrogens (tertiary/aromatic N) is 1. The molecule has 2 N–H and O–H groups in total. The maximum atomic E-state index is 12.2. The van der Waals surface area contributed by atoms with Gasteiger partial charge in [0.1, 0.15) is 5.60 Å². The first-order valence-corrected chi connectivity index (χ1v) is 8.09. The number of carbonyl (C=O) groups excluding carboxylic acids is 1. The van der Waals surface area contributed by atoms with Crippen LogP contribution in [0, 0.1) is 17.2 Å². The molecule has 1 aliphatic rings. The molecule has 5 heteroatoms. The van der Waals surface area contributed by atoms with Crippen LogP contribution in [0.1, 0.15) is 50.8 Å². The molecule has 1 fully saturated rings. The van der Waals surface area contributed by atoms with Crippen molar-refractivity contribution in [2.24, 2.45) is 5.92 Å². The van der Waals surface area contributed by atoms with Gasteiger partial charge in [0.15, 0.2) is 0 Å². The zero-order valence-electron chi connectivity index (χ0n) is 14.1. The highest BCUT2D eigenvalue weighted by Gasteiger charge is 2.28. The van der Waals surface area contributed by atoms with E-state index in [1.165, 1.54) is 0 Å². The van der Waals surface area contributed by atoms with Crippen LogP contribution >= 0.6 is 0 Å². The van der Waals surface area contributed by atoms with Crippen molar-refractivity contribution in [3.8, 4) is 6.07 Å². The van der Waals surface area contributed by atoms with Crippen molar-refractivity contribution in [1.82, 2.24) is 10.6 Å². The Hall–Kier alpha value is -2.06. The summed E-state index contributed by atoms with van der Waals surface area (Å²) in [5.41, 5.74) is 1.03. The lowest BCUT2D eigenvalue weighted by Crippen LogP contribution is -2.41. The van der Waals surface area contributed by atoms with Gasteiger partial charge in [0.25, 0.3) is 0 Å². The van der Waals surface area contributed by atoms with Gasteiger partial charge in [0.05, 0.1) is 17.7 Å². The average Bonchev–Trinajstić information content (AvgIpc) is 2.52. The van der Waals surface area contributed by atoms with Gasteiger partial charge in [-0.25, -0.2) is 4.79 Å². The number of rotatable bonds is 3. The number of nitrogens with one attached hydrogen (secondary N) is 2. The van der Waals surface area contributed by atoms with Gasteiger partial charge in [-0.1, -0.05) is 12.1 Å². The molecule has 0 radical (unpaired) electrons. The van der Waals surface area contributed by atoms with Gasteiger partial charge in [-0.3, -0.25) is 0 Å². The van der Waals surface area contributed by atoms with Crippen LogP contribution in [0.3, 0.4) is 0 Å². The van der Waals surface area contributed by atoms with Crippen molar-refractivity contribution in [1.29, 1.82) is 5.26 Å². The number of hydrogen-bond acceptors (Lipinski definition) is 4. The Labute approximate surface area is 138 Å². The summed E-state index contributed by atoms with van der Waals surface area (Å²) in [4.78, 5) is 12.2. The molecule has 0 spiro atoms. The van der Waals surface area contributed by atoms with E-state index in [-0.39, 0.29) is 6.04 Å². The van der Waals surface area contributed by atoms with Crippen molar-refractivity contribution in [2.75, 3.05) is 13.1 Å². The molecule has 5 nitrogen and oxygen atoms in total. The van der Waals surface area contributed by atoms with Crippen LogP contribution in [0.4, 0.5) is 4.79 Å². The van der Waals surface area contributed by atoms with Crippen LogP contribution in [0.25, 0.3) is 0 Å². The summed E-state index contributed by atoms with van der Waals surface area (Å²) in [5, 5.41) is 15.5. The number of ether oxygens (including phenoxy) is 1. The van der Waals surface area contributed by atoms with Gasteiger partial charge in [-0.2, -0.15) is 5.26 Å². The molecule has 23 heavy (non-hydrogen) atoms. The standard InChI is InChI=1S/C18H25N3O2/c1-18(2,3)23-17(22)21-16(14-7-9-20-10-8-14)15-6-4-5-13(11-15)12-19/h4-6,11,14,16,20H,7-10H2,1-3H3,(H,21,22). The number of amides is 1. The molecule has 1 atom stereocenters. The quantitative estimate of drug-likeness (QED) is 0.898. The molecule has 1 aromatic carbocycles. The summed E-state index contributed by atoms with van der Waals surface area (Å²) < 4.78 is 5.41. The molecule has 1 heterocycles. The van der Waals surface area contributed by atoms with E-state index in [1.807, 2.05) is 39.0 Å². The fraction of sp³-hybridized carbons (Fsp3) is 0.556. The first-order chi connectivity index (χ1) is 10.9. The normalized spacial score (nSPS) is 17.1. The number of benzene rings is 1. The van der Waals surface area contributed by atoms with Crippen molar-refractivity contribution in [2.45, 2.75) is 45.3 Å². The summed E-state index contributed by atoms with van der Waals surface area (Å²) in [6, 6.07) is 9.47. The van der Waals surface area contributed by atoms with E-state index in [2.05, 4.69) is 16.7 Å². The minimum atomic E-state index is -0.530. The lowest BCUT2D eigenvalue weighted by atomic mass is 9.85. The largest absolute Gasteiger partial charge is 0.444 e. The predicted octanol–water partition coefficient (Wildman–Crippen LogP) is 3.12. The number of alkyl carbamates (subject to hydrolysis) is 1. The van der Waals surface area contributed by atoms with Crippen LogP contribution in [0.2, 0.25) is 0 Å². The summed E-state index contributed by atoms with van der Waals surface area (Å²) >= 11 is 0. The highest BCUT2D eigenvalue weighted by atomic mass is 16.6. The first-order valence-electron chi connectivity index (χ1n) is 8.09. The van der Waals surface area contributed by atoms with Gasteiger partial charge >= 0.3 is 6.09 Å². The maximum Gasteiger partial charge on any atom is 0.408 e. The number of carbonyl (C=O) groups is 1. The zero-order chi connectivity index (χ0) is 16.9. The molecule has 0 saturated carbocycles. The third-order valence-corrected chi connectivity index (χ3v) is 3.90. The average molecular weight is 315 g/mol. The van der Waals surface area contributed by atoms with Crippen molar-refractivity contribution < 1.29 is 9.53 Å². The first kappa shape index (κ1) is 17.3. The molecular weight excluding hydrogens is 290 g/mol. The number of hydrogen-bond donors (Lipinski definition) is 2. The van der Waals surface area contributed by atoms with Gasteiger partial charge in [0.2, 0.25) is 0 Å². The number of piperidine rings is 1. The summed E-state index contributed by atoms with van der Waals surface area (Å²) in [6.45, 7) is 7.43. The van der Waals surface area contributed by atoms with Gasteiger partial charge in [0, 0.05) is 0 Å². The molecule has 1 unspecified atom stereocenters. The Morgan fingerprint density at radius 2 is 2.09 bits per heavy atom. The van der Waals surface area contributed by atoms with E-state index < -0.39 is 11.7 Å². The second-order valence-corrected chi connectivity index (χ2v) is 6.95. The second kappa shape index (κ2) is 7.47. The maximum absolute atomic E-state index is 12.2. The van der Waals surface area contributed by atoms with E-state index in [0.717, 1.165) is 31.5 Å². The van der Waals surface area contributed by atoms with Crippen LogP contribution in [-0.2, 0) is 4.74 Å². The van der Waals surface area contributed by atoms with Crippen LogP contribution in [0.15, 0.2) is 24.3 Å². The number of nitriles is 1. The molecule has 0 bridgehead atoms. The minimum Gasteiger partial charge on any atom is -0.444 e. The Bertz CT molecular complexity index is 581. The predicted molar refractivity (Wildman–Crippen MR) is 88.9 cm³/mol. The lowest BCUT2D eigenvalue weighted by molar-refractivity contribution is 0.0477. The lowest BCUT2D eigenvalue weighted by Gasteiger charge is -2.32. The molecule has 1 aromatic rings. The van der Waals surface area contributed by atoms with E-state index >= 15 is 0 Å². The smallest absolute Gasteiger partial charge is 0.408 e. The minimum absolute atomic E-state index is 0.139. The molecule has 0 aromatic heterocycles. The van der Waals surface area contributed by atoms with Crippen molar-refractivity contribution in [3.63, 3.8) is 0 Å².